The van der Waals surface area contributed by atoms with E-state index >= 15 is 0 Å². The van der Waals surface area contributed by atoms with Crippen molar-refractivity contribution in [2.24, 2.45) is 0 Å². The van der Waals surface area contributed by atoms with Crippen molar-refractivity contribution in [3.63, 3.8) is 0 Å². The number of ether oxygens (including phenoxy) is 1. The molecular weight excluding hydrogens is 360 g/mol. The Bertz CT molecular complexity index is 903. The van der Waals surface area contributed by atoms with Gasteiger partial charge in [-0.15, -0.1) is 0 Å². The predicted molar refractivity (Wildman–Crippen MR) is 101 cm³/mol. The summed E-state index contributed by atoms with van der Waals surface area (Å²) in [6.07, 6.45) is -0.000323. The highest BCUT2D eigenvalue weighted by Gasteiger charge is 2.34. The van der Waals surface area contributed by atoms with Crippen LogP contribution in [0.3, 0.4) is 0 Å². The molecule has 1 aliphatic rings. The van der Waals surface area contributed by atoms with Gasteiger partial charge in [-0.1, -0.05) is 29.8 Å². The minimum absolute atomic E-state index is 0.000323. The quantitative estimate of drug-likeness (QED) is 0.585. The molecule has 0 saturated carbocycles. The molecule has 3 amide bonds. The van der Waals surface area contributed by atoms with Gasteiger partial charge in [-0.2, -0.15) is 0 Å². The van der Waals surface area contributed by atoms with E-state index in [1.165, 1.54) is 0 Å². The molecule has 7 heteroatoms. The molecule has 0 aliphatic carbocycles. The summed E-state index contributed by atoms with van der Waals surface area (Å²) in [6, 6.07) is 13.7. The van der Waals surface area contributed by atoms with Crippen LogP contribution >= 0.6 is 0 Å². The zero-order chi connectivity index (χ0) is 20.1. The van der Waals surface area contributed by atoms with Crippen molar-refractivity contribution in [2.75, 3.05) is 19.7 Å². The first-order valence-corrected chi connectivity index (χ1v) is 8.93. The maximum atomic E-state index is 12.2. The molecule has 0 fully saturated rings. The van der Waals surface area contributed by atoms with Crippen molar-refractivity contribution in [3.05, 3.63) is 70.8 Å². The SMILES string of the molecule is Cc1cccc(C(=O)NCCC(=O)OCCN2C(=O)c3ccccc3C2=O)c1. The molecule has 2 aromatic carbocycles. The van der Waals surface area contributed by atoms with Crippen molar-refractivity contribution in [1.29, 1.82) is 0 Å². The van der Waals surface area contributed by atoms with Crippen LogP contribution in [0.4, 0.5) is 0 Å². The van der Waals surface area contributed by atoms with Crippen LogP contribution in [0.1, 0.15) is 43.1 Å². The number of esters is 1. The highest BCUT2D eigenvalue weighted by atomic mass is 16.5. The summed E-state index contributed by atoms with van der Waals surface area (Å²) in [6.45, 7) is 1.94. The van der Waals surface area contributed by atoms with Crippen molar-refractivity contribution in [2.45, 2.75) is 13.3 Å². The number of nitrogens with one attached hydrogen (secondary N) is 1. The highest BCUT2D eigenvalue weighted by molar-refractivity contribution is 6.21. The predicted octanol–water partition coefficient (Wildman–Crippen LogP) is 1.95. The fourth-order valence-electron chi connectivity index (χ4n) is 2.93. The van der Waals surface area contributed by atoms with Crippen LogP contribution in [0, 0.1) is 6.92 Å². The van der Waals surface area contributed by atoms with E-state index in [0.29, 0.717) is 16.7 Å². The number of aryl methyl sites for hydroxylation is 1. The van der Waals surface area contributed by atoms with Gasteiger partial charge in [0.15, 0.2) is 0 Å². The number of imide groups is 1. The number of benzene rings is 2. The summed E-state index contributed by atoms with van der Waals surface area (Å²) in [4.78, 5) is 49.3. The fraction of sp³-hybridized carbons (Fsp3) is 0.238. The monoisotopic (exact) mass is 380 g/mol. The lowest BCUT2D eigenvalue weighted by Gasteiger charge is -2.13. The Hall–Kier alpha value is -3.48. The Morgan fingerprint density at radius 1 is 1.00 bits per heavy atom. The van der Waals surface area contributed by atoms with Gasteiger partial charge in [-0.25, -0.2) is 0 Å². The van der Waals surface area contributed by atoms with E-state index in [1.54, 1.807) is 42.5 Å². The molecule has 2 aromatic rings. The van der Waals surface area contributed by atoms with Crippen LogP contribution in [0.25, 0.3) is 0 Å². The lowest BCUT2D eigenvalue weighted by molar-refractivity contribution is -0.143. The van der Waals surface area contributed by atoms with E-state index in [9.17, 15) is 19.2 Å². The maximum Gasteiger partial charge on any atom is 0.307 e. The van der Waals surface area contributed by atoms with Gasteiger partial charge >= 0.3 is 5.97 Å². The summed E-state index contributed by atoms with van der Waals surface area (Å²) in [5.41, 5.74) is 2.22. The summed E-state index contributed by atoms with van der Waals surface area (Å²) in [7, 11) is 0. The number of fused-ring (bicyclic) bond motifs is 1. The van der Waals surface area contributed by atoms with Gasteiger partial charge in [-0.05, 0) is 31.2 Å². The third kappa shape index (κ3) is 4.25. The second-order valence-corrected chi connectivity index (χ2v) is 6.40. The molecule has 3 rings (SSSR count). The van der Waals surface area contributed by atoms with E-state index in [1.807, 2.05) is 13.0 Å². The van der Waals surface area contributed by atoms with Gasteiger partial charge < -0.3 is 10.1 Å². The average Bonchev–Trinajstić information content (AvgIpc) is 2.93. The smallest absolute Gasteiger partial charge is 0.307 e. The number of hydrogen-bond donors (Lipinski definition) is 1. The van der Waals surface area contributed by atoms with Crippen LogP contribution in [0.15, 0.2) is 48.5 Å². The number of carbonyl (C=O) groups is 4. The Labute approximate surface area is 162 Å². The van der Waals surface area contributed by atoms with Crippen LogP contribution < -0.4 is 5.32 Å². The van der Waals surface area contributed by atoms with Crippen LogP contribution in [-0.2, 0) is 9.53 Å². The summed E-state index contributed by atoms with van der Waals surface area (Å²) in [5.74, 6) is -1.55. The van der Waals surface area contributed by atoms with E-state index < -0.39 is 5.97 Å². The molecule has 7 nitrogen and oxygen atoms in total. The number of rotatable bonds is 7. The molecular formula is C21H20N2O5. The minimum atomic E-state index is -0.513. The van der Waals surface area contributed by atoms with Gasteiger partial charge in [0.25, 0.3) is 17.7 Å². The zero-order valence-corrected chi connectivity index (χ0v) is 15.4. The van der Waals surface area contributed by atoms with Crippen molar-refractivity contribution >= 4 is 23.7 Å². The standard InChI is InChI=1S/C21H20N2O5/c1-14-5-4-6-15(13-14)19(25)22-10-9-18(24)28-12-11-23-20(26)16-7-2-3-8-17(16)21(23)27/h2-8,13H,9-12H2,1H3,(H,22,25). The lowest BCUT2D eigenvalue weighted by Crippen LogP contribution is -2.33. The topological polar surface area (TPSA) is 92.8 Å². The van der Waals surface area contributed by atoms with Crippen molar-refractivity contribution < 1.29 is 23.9 Å². The molecule has 1 heterocycles. The largest absolute Gasteiger partial charge is 0.464 e. The highest BCUT2D eigenvalue weighted by Crippen LogP contribution is 2.21. The number of hydrogen-bond acceptors (Lipinski definition) is 5. The normalized spacial score (nSPS) is 12.7. The van der Waals surface area contributed by atoms with Crippen molar-refractivity contribution in [3.8, 4) is 0 Å². The Morgan fingerprint density at radius 3 is 2.32 bits per heavy atom. The second-order valence-electron chi connectivity index (χ2n) is 6.40. The van der Waals surface area contributed by atoms with E-state index in [-0.39, 0.29) is 43.8 Å². The van der Waals surface area contributed by atoms with Crippen molar-refractivity contribution in [1.82, 2.24) is 10.2 Å². The molecule has 1 N–H and O–H groups in total. The van der Waals surface area contributed by atoms with Gasteiger partial charge in [-0.3, -0.25) is 24.1 Å². The van der Waals surface area contributed by atoms with E-state index in [4.69, 9.17) is 4.74 Å². The first kappa shape index (κ1) is 19.3. The van der Waals surface area contributed by atoms with E-state index in [2.05, 4.69) is 5.32 Å². The van der Waals surface area contributed by atoms with E-state index in [0.717, 1.165) is 10.5 Å². The Balaban J connectivity index is 1.39. The van der Waals surface area contributed by atoms with Crippen LogP contribution in [0.5, 0.6) is 0 Å². The first-order chi connectivity index (χ1) is 13.5. The first-order valence-electron chi connectivity index (χ1n) is 8.93. The number of carbonyl (C=O) groups excluding carboxylic acids is 4. The third-order valence-corrected chi connectivity index (χ3v) is 4.35. The minimum Gasteiger partial charge on any atom is -0.464 e. The van der Waals surface area contributed by atoms with Gasteiger partial charge in [0.1, 0.15) is 6.61 Å². The Kier molecular flexibility index (Phi) is 5.84. The molecule has 0 aromatic heterocycles. The molecule has 0 spiro atoms. The molecule has 0 atom stereocenters. The maximum absolute atomic E-state index is 12.2. The third-order valence-electron chi connectivity index (χ3n) is 4.35. The van der Waals surface area contributed by atoms with Gasteiger partial charge in [0.2, 0.25) is 0 Å². The van der Waals surface area contributed by atoms with Gasteiger partial charge in [0, 0.05) is 12.1 Å². The number of amides is 3. The molecule has 144 valence electrons. The summed E-state index contributed by atoms with van der Waals surface area (Å²) in [5, 5.41) is 2.66. The van der Waals surface area contributed by atoms with Gasteiger partial charge in [0.05, 0.1) is 24.1 Å². The van der Waals surface area contributed by atoms with Crippen LogP contribution in [0.2, 0.25) is 0 Å². The molecule has 28 heavy (non-hydrogen) atoms. The molecule has 0 saturated heterocycles. The fourth-order valence-corrected chi connectivity index (χ4v) is 2.93. The lowest BCUT2D eigenvalue weighted by atomic mass is 10.1. The molecule has 1 aliphatic heterocycles. The second kappa shape index (κ2) is 8.47. The summed E-state index contributed by atoms with van der Waals surface area (Å²) >= 11 is 0. The zero-order valence-electron chi connectivity index (χ0n) is 15.4. The Morgan fingerprint density at radius 2 is 1.68 bits per heavy atom. The summed E-state index contributed by atoms with van der Waals surface area (Å²) < 4.78 is 5.07. The average molecular weight is 380 g/mol. The van der Waals surface area contributed by atoms with Crippen LogP contribution in [-0.4, -0.2) is 48.3 Å². The number of nitrogens with zero attached hydrogens (tertiary/aromatic N) is 1. The molecule has 0 unspecified atom stereocenters. The molecule has 0 bridgehead atoms. The molecule has 0 radical (unpaired) electrons.